The molecule has 9 heteroatoms. The van der Waals surface area contributed by atoms with Crippen LogP contribution in [0.5, 0.6) is 0 Å². The Kier molecular flexibility index (Phi) is 3.38. The average Bonchev–Trinajstić information content (AvgIpc) is 2.67. The van der Waals surface area contributed by atoms with Gasteiger partial charge in [-0.2, -0.15) is 5.10 Å². The maximum Gasteiger partial charge on any atom is 0.264 e. The van der Waals surface area contributed by atoms with Crippen molar-refractivity contribution in [1.29, 1.82) is 0 Å². The second-order valence-corrected chi connectivity index (χ2v) is 5.88. The van der Waals surface area contributed by atoms with E-state index in [0.29, 0.717) is 0 Å². The van der Waals surface area contributed by atoms with Gasteiger partial charge in [-0.25, -0.2) is 8.42 Å². The zero-order valence-corrected chi connectivity index (χ0v) is 11.1. The summed E-state index contributed by atoms with van der Waals surface area (Å²) in [5, 5.41) is 6.35. The van der Waals surface area contributed by atoms with Gasteiger partial charge in [-0.05, 0) is 18.2 Å². The van der Waals surface area contributed by atoms with Gasteiger partial charge in [0.25, 0.3) is 10.0 Å². The molecule has 0 amide bonds. The minimum absolute atomic E-state index is 0.0602. The first-order chi connectivity index (χ1) is 8.40. The second kappa shape index (κ2) is 4.68. The van der Waals surface area contributed by atoms with E-state index in [-0.39, 0.29) is 26.4 Å². The molecule has 0 spiro atoms. The summed E-state index contributed by atoms with van der Waals surface area (Å²) < 4.78 is 26.4. The van der Waals surface area contributed by atoms with Crippen molar-refractivity contribution in [2.45, 2.75) is 4.90 Å². The van der Waals surface area contributed by atoms with Crippen LogP contribution in [0, 0.1) is 0 Å². The summed E-state index contributed by atoms with van der Waals surface area (Å²) in [6, 6.07) is 4.14. The Morgan fingerprint density at radius 1 is 1.33 bits per heavy atom. The highest BCUT2D eigenvalue weighted by atomic mass is 35.5. The highest BCUT2D eigenvalue weighted by molar-refractivity contribution is 7.92. The van der Waals surface area contributed by atoms with E-state index in [1.165, 1.54) is 24.4 Å². The van der Waals surface area contributed by atoms with E-state index in [1.54, 1.807) is 0 Å². The molecule has 2 aromatic rings. The van der Waals surface area contributed by atoms with Gasteiger partial charge in [0, 0.05) is 5.02 Å². The third kappa shape index (κ3) is 2.53. The fourth-order valence-electron chi connectivity index (χ4n) is 1.25. The predicted molar refractivity (Wildman–Crippen MR) is 70.3 cm³/mol. The van der Waals surface area contributed by atoms with Crippen molar-refractivity contribution in [3.05, 3.63) is 34.4 Å². The number of aromatic nitrogens is 2. The van der Waals surface area contributed by atoms with E-state index in [4.69, 9.17) is 28.9 Å². The lowest BCUT2D eigenvalue weighted by Gasteiger charge is -2.08. The van der Waals surface area contributed by atoms with Gasteiger partial charge in [-0.15, -0.1) is 0 Å². The zero-order valence-electron chi connectivity index (χ0n) is 8.81. The molecule has 18 heavy (non-hydrogen) atoms. The quantitative estimate of drug-likeness (QED) is 0.808. The molecule has 0 radical (unpaired) electrons. The molecular formula is C9H8Cl2N4O2S. The monoisotopic (exact) mass is 306 g/mol. The first-order valence-corrected chi connectivity index (χ1v) is 6.91. The van der Waals surface area contributed by atoms with Gasteiger partial charge in [0.15, 0.2) is 5.82 Å². The second-order valence-electron chi connectivity index (χ2n) is 3.38. The molecule has 6 nitrogen and oxygen atoms in total. The predicted octanol–water partition coefficient (Wildman–Crippen LogP) is 2.10. The lowest BCUT2D eigenvalue weighted by atomic mass is 10.4. The van der Waals surface area contributed by atoms with Gasteiger partial charge in [-0.3, -0.25) is 9.82 Å². The Hall–Kier alpha value is -1.44. The van der Waals surface area contributed by atoms with Crippen LogP contribution < -0.4 is 10.5 Å². The molecule has 1 aromatic heterocycles. The van der Waals surface area contributed by atoms with Crippen LogP contribution in [0.15, 0.2) is 29.3 Å². The Morgan fingerprint density at radius 3 is 2.67 bits per heavy atom. The molecule has 0 aliphatic rings. The van der Waals surface area contributed by atoms with Crippen molar-refractivity contribution in [3.63, 3.8) is 0 Å². The number of nitrogens with two attached hydrogens (primary N) is 1. The first kappa shape index (κ1) is 13.0. The number of H-pyrrole nitrogens is 1. The molecule has 0 atom stereocenters. The van der Waals surface area contributed by atoms with Crippen molar-refractivity contribution < 1.29 is 8.42 Å². The molecule has 0 bridgehead atoms. The molecule has 1 aromatic carbocycles. The van der Waals surface area contributed by atoms with Crippen molar-refractivity contribution in [2.75, 3.05) is 10.5 Å². The summed E-state index contributed by atoms with van der Waals surface area (Å²) in [4.78, 5) is -0.134. The van der Waals surface area contributed by atoms with Crippen molar-refractivity contribution in [3.8, 4) is 0 Å². The number of sulfonamides is 1. The number of anilines is 2. The Balaban J connectivity index is 2.43. The normalized spacial score (nSPS) is 11.4. The zero-order chi connectivity index (χ0) is 13.3. The molecular weight excluding hydrogens is 299 g/mol. The number of halogens is 2. The van der Waals surface area contributed by atoms with Crippen LogP contribution in [0.25, 0.3) is 0 Å². The first-order valence-electron chi connectivity index (χ1n) is 4.67. The van der Waals surface area contributed by atoms with Crippen LogP contribution >= 0.6 is 23.2 Å². The largest absolute Gasteiger partial charge is 0.394 e. The van der Waals surface area contributed by atoms with Crippen LogP contribution in [0.3, 0.4) is 0 Å². The molecule has 4 N–H and O–H groups in total. The SMILES string of the molecule is Nc1cn[nH]c1NS(=O)(=O)c1cc(Cl)ccc1Cl. The topological polar surface area (TPSA) is 101 Å². The number of aromatic amines is 1. The Bertz CT molecular complexity index is 684. The maximum atomic E-state index is 12.1. The maximum absolute atomic E-state index is 12.1. The number of hydrogen-bond donors (Lipinski definition) is 3. The van der Waals surface area contributed by atoms with Gasteiger partial charge in [0.05, 0.1) is 16.9 Å². The third-order valence-electron chi connectivity index (χ3n) is 2.09. The Labute approximate surface area is 113 Å². The van der Waals surface area contributed by atoms with Crippen LogP contribution in [0.1, 0.15) is 0 Å². The molecule has 0 unspecified atom stereocenters. The van der Waals surface area contributed by atoms with Crippen molar-refractivity contribution in [2.24, 2.45) is 0 Å². The van der Waals surface area contributed by atoms with E-state index < -0.39 is 10.0 Å². The van der Waals surface area contributed by atoms with Gasteiger partial charge in [0.1, 0.15) is 4.90 Å². The number of nitrogen functional groups attached to an aromatic ring is 1. The molecule has 96 valence electrons. The van der Waals surface area contributed by atoms with Crippen molar-refractivity contribution in [1.82, 2.24) is 10.2 Å². The minimum Gasteiger partial charge on any atom is -0.394 e. The van der Waals surface area contributed by atoms with E-state index in [0.717, 1.165) is 0 Å². The number of rotatable bonds is 3. The lowest BCUT2D eigenvalue weighted by Crippen LogP contribution is -2.14. The standard InChI is InChI=1S/C9H8Cl2N4O2S/c10-5-1-2-6(11)8(3-5)18(16,17)15-9-7(12)4-13-14-9/h1-4H,12H2,(H2,13,14,15). The molecule has 2 rings (SSSR count). The minimum atomic E-state index is -3.88. The van der Waals surface area contributed by atoms with Crippen molar-refractivity contribution >= 4 is 44.7 Å². The molecule has 1 heterocycles. The number of nitrogens with zero attached hydrogens (tertiary/aromatic N) is 1. The highest BCUT2D eigenvalue weighted by Crippen LogP contribution is 2.27. The summed E-state index contributed by atoms with van der Waals surface area (Å²) in [7, 11) is -3.88. The van der Waals surface area contributed by atoms with Gasteiger partial charge in [-0.1, -0.05) is 23.2 Å². The third-order valence-corrected chi connectivity index (χ3v) is 4.15. The fourth-order valence-corrected chi connectivity index (χ4v) is 3.06. The number of nitrogens with one attached hydrogen (secondary N) is 2. The summed E-state index contributed by atoms with van der Waals surface area (Å²) in [6.45, 7) is 0. The van der Waals surface area contributed by atoms with E-state index >= 15 is 0 Å². The molecule has 0 saturated carbocycles. The smallest absolute Gasteiger partial charge is 0.264 e. The average molecular weight is 307 g/mol. The van der Waals surface area contributed by atoms with Crippen LogP contribution in [-0.2, 0) is 10.0 Å². The number of benzene rings is 1. The summed E-state index contributed by atoms with van der Waals surface area (Å²) in [6.07, 6.45) is 1.29. The molecule has 0 fully saturated rings. The molecule has 0 aliphatic carbocycles. The van der Waals surface area contributed by atoms with Gasteiger partial charge >= 0.3 is 0 Å². The Morgan fingerprint density at radius 2 is 2.06 bits per heavy atom. The molecule has 0 saturated heterocycles. The van der Waals surface area contributed by atoms with Gasteiger partial charge in [0.2, 0.25) is 0 Å². The molecule has 0 aliphatic heterocycles. The van der Waals surface area contributed by atoms with Crippen LogP contribution in [-0.4, -0.2) is 18.6 Å². The van der Waals surface area contributed by atoms with E-state index in [2.05, 4.69) is 14.9 Å². The summed E-state index contributed by atoms with van der Waals surface area (Å²) >= 11 is 11.6. The van der Waals surface area contributed by atoms with E-state index in [9.17, 15) is 8.42 Å². The number of hydrogen-bond acceptors (Lipinski definition) is 4. The summed E-state index contributed by atoms with van der Waals surface area (Å²) in [5.41, 5.74) is 5.69. The highest BCUT2D eigenvalue weighted by Gasteiger charge is 2.20. The van der Waals surface area contributed by atoms with Gasteiger partial charge < -0.3 is 5.73 Å². The van der Waals surface area contributed by atoms with Crippen LogP contribution in [0.4, 0.5) is 11.5 Å². The van der Waals surface area contributed by atoms with E-state index in [1.807, 2.05) is 0 Å². The lowest BCUT2D eigenvalue weighted by molar-refractivity contribution is 0.601. The van der Waals surface area contributed by atoms with Crippen LogP contribution in [0.2, 0.25) is 10.0 Å². The fraction of sp³-hybridized carbons (Fsp3) is 0. The summed E-state index contributed by atoms with van der Waals surface area (Å²) in [5.74, 6) is 0.0750.